The quantitative estimate of drug-likeness (QED) is 0.562. The first kappa shape index (κ1) is 21.2. The Labute approximate surface area is 150 Å². The van der Waals surface area contributed by atoms with Crippen LogP contribution in [0.25, 0.3) is 0 Å². The van der Waals surface area contributed by atoms with Crippen molar-refractivity contribution in [1.82, 2.24) is 5.32 Å². The number of rotatable bonds is 12. The zero-order valence-electron chi connectivity index (χ0n) is 15.7. The van der Waals surface area contributed by atoms with Gasteiger partial charge in [0.05, 0.1) is 6.61 Å². The van der Waals surface area contributed by atoms with E-state index in [1.54, 1.807) is 24.3 Å². The van der Waals surface area contributed by atoms with Crippen molar-refractivity contribution in [3.8, 4) is 5.75 Å². The van der Waals surface area contributed by atoms with E-state index in [0.29, 0.717) is 31.1 Å². The van der Waals surface area contributed by atoms with Crippen molar-refractivity contribution in [2.75, 3.05) is 13.2 Å². The molecule has 0 radical (unpaired) electrons. The predicted molar refractivity (Wildman–Crippen MR) is 99.2 cm³/mol. The number of ether oxygens (including phenoxy) is 1. The van der Waals surface area contributed by atoms with E-state index in [1.165, 1.54) is 0 Å². The normalized spacial score (nSPS) is 12.4. The molecule has 0 aliphatic carbocycles. The summed E-state index contributed by atoms with van der Waals surface area (Å²) in [5, 5.41) is 12.1. The summed E-state index contributed by atoms with van der Waals surface area (Å²) in [5.41, 5.74) is 0.619. The van der Waals surface area contributed by atoms with Crippen LogP contribution in [0.3, 0.4) is 0 Å². The number of benzene rings is 1. The summed E-state index contributed by atoms with van der Waals surface area (Å²) in [7, 11) is 0. The standard InChI is InChI=1S/C20H31NO4/c1-14(2)10-12-25-17-7-5-16(6-8-17)19(22)9-11-21-18(20(23)24)13-15(3)4/h5-8,14-15,18,21H,9-13H2,1-4H3,(H,23,24). The Morgan fingerprint density at radius 2 is 1.72 bits per heavy atom. The van der Waals surface area contributed by atoms with Crippen LogP contribution in [0.5, 0.6) is 5.75 Å². The third kappa shape index (κ3) is 8.68. The number of carboxylic acids is 1. The molecule has 1 atom stereocenters. The predicted octanol–water partition coefficient (Wildman–Crippen LogP) is 3.77. The number of hydrogen-bond acceptors (Lipinski definition) is 4. The Kier molecular flexibility index (Phi) is 9.21. The van der Waals surface area contributed by atoms with Crippen LogP contribution >= 0.6 is 0 Å². The van der Waals surface area contributed by atoms with Crippen molar-refractivity contribution < 1.29 is 19.4 Å². The maximum atomic E-state index is 12.2. The lowest BCUT2D eigenvalue weighted by molar-refractivity contribution is -0.139. The highest BCUT2D eigenvalue weighted by Gasteiger charge is 2.18. The summed E-state index contributed by atoms with van der Waals surface area (Å²) in [4.78, 5) is 23.4. The molecule has 0 fully saturated rings. The molecule has 25 heavy (non-hydrogen) atoms. The van der Waals surface area contributed by atoms with Gasteiger partial charge in [0, 0.05) is 18.5 Å². The molecular weight excluding hydrogens is 318 g/mol. The number of ketones is 1. The molecule has 0 aliphatic heterocycles. The average Bonchev–Trinajstić information content (AvgIpc) is 2.53. The van der Waals surface area contributed by atoms with E-state index in [2.05, 4.69) is 19.2 Å². The molecule has 0 aliphatic rings. The zero-order valence-corrected chi connectivity index (χ0v) is 15.7. The summed E-state index contributed by atoms with van der Waals surface area (Å²) >= 11 is 0. The van der Waals surface area contributed by atoms with E-state index >= 15 is 0 Å². The topological polar surface area (TPSA) is 75.6 Å². The third-order valence-corrected chi connectivity index (χ3v) is 3.89. The van der Waals surface area contributed by atoms with Crippen molar-refractivity contribution in [3.05, 3.63) is 29.8 Å². The van der Waals surface area contributed by atoms with E-state index in [0.717, 1.165) is 12.2 Å². The smallest absolute Gasteiger partial charge is 0.320 e. The van der Waals surface area contributed by atoms with Crippen LogP contribution in [-0.4, -0.2) is 36.1 Å². The second-order valence-corrected chi connectivity index (χ2v) is 7.20. The van der Waals surface area contributed by atoms with Crippen LogP contribution in [0.2, 0.25) is 0 Å². The van der Waals surface area contributed by atoms with Crippen LogP contribution < -0.4 is 10.1 Å². The largest absolute Gasteiger partial charge is 0.494 e. The number of Topliss-reactive ketones (excluding diaryl/α,β-unsaturated/α-hetero) is 1. The van der Waals surface area contributed by atoms with Gasteiger partial charge in [0.2, 0.25) is 0 Å². The van der Waals surface area contributed by atoms with Gasteiger partial charge in [-0.1, -0.05) is 27.7 Å². The minimum Gasteiger partial charge on any atom is -0.494 e. The second-order valence-electron chi connectivity index (χ2n) is 7.20. The number of carboxylic acid groups (broad SMARTS) is 1. The zero-order chi connectivity index (χ0) is 18.8. The van der Waals surface area contributed by atoms with Gasteiger partial charge in [0.15, 0.2) is 5.78 Å². The fraction of sp³-hybridized carbons (Fsp3) is 0.600. The van der Waals surface area contributed by atoms with Crippen molar-refractivity contribution in [2.45, 2.75) is 53.0 Å². The lowest BCUT2D eigenvalue weighted by atomic mass is 10.0. The van der Waals surface area contributed by atoms with Crippen LogP contribution in [0, 0.1) is 11.8 Å². The van der Waals surface area contributed by atoms with Crippen LogP contribution in [-0.2, 0) is 4.79 Å². The molecule has 0 amide bonds. The first-order valence-corrected chi connectivity index (χ1v) is 9.01. The van der Waals surface area contributed by atoms with E-state index in [-0.39, 0.29) is 18.1 Å². The molecule has 1 aromatic rings. The van der Waals surface area contributed by atoms with Gasteiger partial charge in [-0.15, -0.1) is 0 Å². The number of carbonyl (C=O) groups is 2. The van der Waals surface area contributed by atoms with E-state index in [4.69, 9.17) is 4.74 Å². The van der Waals surface area contributed by atoms with E-state index < -0.39 is 12.0 Å². The van der Waals surface area contributed by atoms with Gasteiger partial charge in [0.25, 0.3) is 0 Å². The van der Waals surface area contributed by atoms with Gasteiger partial charge < -0.3 is 15.2 Å². The van der Waals surface area contributed by atoms with Crippen LogP contribution in [0.1, 0.15) is 57.3 Å². The third-order valence-electron chi connectivity index (χ3n) is 3.89. The monoisotopic (exact) mass is 349 g/mol. The molecule has 0 saturated heterocycles. The number of hydrogen-bond donors (Lipinski definition) is 2. The molecule has 1 rings (SSSR count). The number of carbonyl (C=O) groups excluding carboxylic acids is 1. The van der Waals surface area contributed by atoms with Crippen LogP contribution in [0.4, 0.5) is 0 Å². The fourth-order valence-corrected chi connectivity index (χ4v) is 2.40. The minimum atomic E-state index is -0.871. The van der Waals surface area contributed by atoms with E-state index in [1.807, 2.05) is 13.8 Å². The minimum absolute atomic E-state index is 0.00471. The molecule has 0 saturated carbocycles. The molecule has 0 spiro atoms. The highest BCUT2D eigenvalue weighted by atomic mass is 16.5. The maximum Gasteiger partial charge on any atom is 0.320 e. The molecule has 0 bridgehead atoms. The van der Waals surface area contributed by atoms with Crippen molar-refractivity contribution in [3.63, 3.8) is 0 Å². The summed E-state index contributed by atoms with van der Waals surface area (Å²) in [5.74, 6) is 0.767. The molecule has 140 valence electrons. The first-order chi connectivity index (χ1) is 11.8. The summed E-state index contributed by atoms with van der Waals surface area (Å²) in [6.07, 6.45) is 1.81. The molecule has 0 heterocycles. The summed E-state index contributed by atoms with van der Waals surface area (Å²) in [6, 6.07) is 6.52. The molecular formula is C20H31NO4. The van der Waals surface area contributed by atoms with Crippen molar-refractivity contribution >= 4 is 11.8 Å². The lowest BCUT2D eigenvalue weighted by Gasteiger charge is -2.16. The molecule has 5 heteroatoms. The number of aliphatic carboxylic acids is 1. The fourth-order valence-electron chi connectivity index (χ4n) is 2.40. The Morgan fingerprint density at radius 3 is 2.24 bits per heavy atom. The van der Waals surface area contributed by atoms with Crippen molar-refractivity contribution in [2.24, 2.45) is 11.8 Å². The van der Waals surface area contributed by atoms with Gasteiger partial charge in [-0.2, -0.15) is 0 Å². The molecule has 1 aromatic carbocycles. The van der Waals surface area contributed by atoms with Gasteiger partial charge in [-0.25, -0.2) is 0 Å². The Balaban J connectivity index is 2.42. The molecule has 2 N–H and O–H groups in total. The SMILES string of the molecule is CC(C)CCOc1ccc(C(=O)CCNC(CC(C)C)C(=O)O)cc1. The van der Waals surface area contributed by atoms with Gasteiger partial charge in [-0.3, -0.25) is 9.59 Å². The second kappa shape index (κ2) is 10.9. The van der Waals surface area contributed by atoms with Gasteiger partial charge in [-0.05, 0) is 48.9 Å². The Bertz CT molecular complexity index is 537. The van der Waals surface area contributed by atoms with Gasteiger partial charge in [0.1, 0.15) is 11.8 Å². The van der Waals surface area contributed by atoms with E-state index in [9.17, 15) is 14.7 Å². The van der Waals surface area contributed by atoms with Crippen LogP contribution in [0.15, 0.2) is 24.3 Å². The molecule has 0 aromatic heterocycles. The Hall–Kier alpha value is -1.88. The first-order valence-electron chi connectivity index (χ1n) is 9.01. The highest BCUT2D eigenvalue weighted by Crippen LogP contribution is 2.14. The van der Waals surface area contributed by atoms with Crippen molar-refractivity contribution in [1.29, 1.82) is 0 Å². The highest BCUT2D eigenvalue weighted by molar-refractivity contribution is 5.96. The summed E-state index contributed by atoms with van der Waals surface area (Å²) in [6.45, 7) is 9.28. The molecule has 1 unspecified atom stereocenters. The Morgan fingerprint density at radius 1 is 1.08 bits per heavy atom. The molecule has 5 nitrogen and oxygen atoms in total. The number of nitrogens with one attached hydrogen (secondary N) is 1. The summed E-state index contributed by atoms with van der Waals surface area (Å²) < 4.78 is 5.64. The van der Waals surface area contributed by atoms with Gasteiger partial charge >= 0.3 is 5.97 Å². The average molecular weight is 349 g/mol. The lowest BCUT2D eigenvalue weighted by Crippen LogP contribution is -2.38. The maximum absolute atomic E-state index is 12.2.